The normalized spacial score (nSPS) is 14.6. The van der Waals surface area contributed by atoms with E-state index in [1.165, 1.54) is 12.8 Å². The van der Waals surface area contributed by atoms with Crippen LogP contribution >= 0.6 is 0 Å². The molecular weight excluding hydrogens is 566 g/mol. The van der Waals surface area contributed by atoms with Crippen molar-refractivity contribution in [2.45, 2.75) is 31.2 Å². The Balaban J connectivity index is 1.31. The van der Waals surface area contributed by atoms with Crippen LogP contribution in [-0.4, -0.2) is 33.7 Å². The molecule has 6 aromatic rings. The van der Waals surface area contributed by atoms with Crippen LogP contribution in [0, 0.1) is 11.8 Å². The highest BCUT2D eigenvalue weighted by atomic mass is 16.3. The van der Waals surface area contributed by atoms with Gasteiger partial charge in [0.2, 0.25) is 0 Å². The molecule has 0 bridgehead atoms. The zero-order chi connectivity index (χ0) is 31.5. The van der Waals surface area contributed by atoms with Gasteiger partial charge in [0.15, 0.2) is 0 Å². The maximum absolute atomic E-state index is 12.8. The fourth-order valence-corrected chi connectivity index (χ4v) is 6.82. The number of carbonyl (C=O) groups excluding carboxylic acids is 1. The van der Waals surface area contributed by atoms with E-state index in [-0.39, 0.29) is 24.3 Å². The molecule has 0 saturated heterocycles. The number of fused-ring (bicyclic) bond motifs is 1. The predicted molar refractivity (Wildman–Crippen MR) is 184 cm³/mol. The van der Waals surface area contributed by atoms with Crippen LogP contribution in [0.15, 0.2) is 140 Å². The van der Waals surface area contributed by atoms with Gasteiger partial charge in [-0.05, 0) is 69.8 Å². The smallest absolute Gasteiger partial charge is 0.251 e. The number of aromatic nitrogens is 2. The van der Waals surface area contributed by atoms with E-state index in [2.05, 4.69) is 114 Å². The van der Waals surface area contributed by atoms with Crippen molar-refractivity contribution in [3.05, 3.63) is 173 Å². The molecule has 5 nitrogen and oxygen atoms in total. The van der Waals surface area contributed by atoms with Crippen molar-refractivity contribution in [1.82, 2.24) is 14.9 Å². The number of benzene rings is 5. The minimum atomic E-state index is -0.665. The SMILES string of the molecule is CC(CO)C(c1ccc2cc(C(=O)NCC3CC3)ccc2c1)c1cn(C(c2ccccc2)(c2ccccc2)c2ccccc2)cn1. The Morgan fingerprint density at radius 1 is 0.826 bits per heavy atom. The third-order valence-corrected chi connectivity index (χ3v) is 9.47. The lowest BCUT2D eigenvalue weighted by Gasteiger charge is -2.37. The van der Waals surface area contributed by atoms with Gasteiger partial charge in [-0.25, -0.2) is 4.98 Å². The van der Waals surface area contributed by atoms with Crippen LogP contribution in [0.3, 0.4) is 0 Å². The van der Waals surface area contributed by atoms with Crippen molar-refractivity contribution in [1.29, 1.82) is 0 Å². The lowest BCUT2D eigenvalue weighted by molar-refractivity contribution is 0.0952. The molecule has 230 valence electrons. The fraction of sp³-hybridized carbons (Fsp3) is 0.220. The fourth-order valence-electron chi connectivity index (χ4n) is 6.82. The van der Waals surface area contributed by atoms with Gasteiger partial charge in [-0.3, -0.25) is 4.79 Å². The molecule has 5 heteroatoms. The van der Waals surface area contributed by atoms with Crippen LogP contribution < -0.4 is 5.32 Å². The highest BCUT2D eigenvalue weighted by Crippen LogP contribution is 2.42. The van der Waals surface area contributed by atoms with Gasteiger partial charge in [-0.1, -0.05) is 122 Å². The summed E-state index contributed by atoms with van der Waals surface area (Å²) in [5.74, 6) is 0.401. The molecular formula is C41H39N3O2. The van der Waals surface area contributed by atoms with E-state index in [1.54, 1.807) is 0 Å². The van der Waals surface area contributed by atoms with Gasteiger partial charge in [0.1, 0.15) is 5.54 Å². The van der Waals surface area contributed by atoms with E-state index in [0.29, 0.717) is 11.5 Å². The largest absolute Gasteiger partial charge is 0.396 e. The molecule has 2 atom stereocenters. The summed E-state index contributed by atoms with van der Waals surface area (Å²) >= 11 is 0. The standard InChI is InChI=1S/C41H39N3O2/c1-29(27-45)39(33-21-19-32-24-34(22-20-31(32)23-33)40(46)42-25-30-17-18-30)38-26-44(28-43-38)41(35-11-5-2-6-12-35,36-13-7-3-8-14-36)37-15-9-4-10-16-37/h2-16,19-24,26,28-30,39,45H,17-18,25,27H2,1H3,(H,42,46). The molecule has 1 amide bonds. The molecule has 1 aromatic heterocycles. The third kappa shape index (κ3) is 5.63. The topological polar surface area (TPSA) is 67.2 Å². The first-order valence-electron chi connectivity index (χ1n) is 16.2. The number of hydrogen-bond donors (Lipinski definition) is 2. The Kier molecular flexibility index (Phi) is 8.25. The number of carbonyl (C=O) groups is 1. The van der Waals surface area contributed by atoms with E-state index >= 15 is 0 Å². The zero-order valence-electron chi connectivity index (χ0n) is 26.1. The Bertz CT molecular complexity index is 1830. The maximum atomic E-state index is 12.8. The minimum Gasteiger partial charge on any atom is -0.396 e. The number of imidazole rings is 1. The Morgan fingerprint density at radius 2 is 1.39 bits per heavy atom. The molecule has 5 aromatic carbocycles. The number of nitrogens with zero attached hydrogens (tertiary/aromatic N) is 2. The minimum absolute atomic E-state index is 0.0195. The lowest BCUT2D eigenvalue weighted by Crippen LogP contribution is -2.37. The van der Waals surface area contributed by atoms with Gasteiger partial charge in [0.25, 0.3) is 5.91 Å². The Labute approximate surface area is 270 Å². The van der Waals surface area contributed by atoms with Crippen LogP contribution in [-0.2, 0) is 5.54 Å². The van der Waals surface area contributed by atoms with Crippen LogP contribution in [0.5, 0.6) is 0 Å². The molecule has 0 spiro atoms. The molecule has 2 unspecified atom stereocenters. The Hall–Kier alpha value is -5.00. The van der Waals surface area contributed by atoms with Crippen molar-refractivity contribution in [3.63, 3.8) is 0 Å². The second-order valence-corrected chi connectivity index (χ2v) is 12.6. The molecule has 1 heterocycles. The molecule has 2 N–H and O–H groups in total. The number of aliphatic hydroxyl groups excluding tert-OH is 1. The summed E-state index contributed by atoms with van der Waals surface area (Å²) in [6, 6.07) is 44.0. The molecule has 0 aliphatic heterocycles. The maximum Gasteiger partial charge on any atom is 0.251 e. The predicted octanol–water partition coefficient (Wildman–Crippen LogP) is 7.78. The van der Waals surface area contributed by atoms with Gasteiger partial charge >= 0.3 is 0 Å². The molecule has 1 saturated carbocycles. The van der Waals surface area contributed by atoms with E-state index < -0.39 is 5.54 Å². The molecule has 1 aliphatic carbocycles. The number of nitrogens with one attached hydrogen (secondary N) is 1. The second-order valence-electron chi connectivity index (χ2n) is 12.6. The molecule has 1 fully saturated rings. The van der Waals surface area contributed by atoms with Crippen LogP contribution in [0.2, 0.25) is 0 Å². The molecule has 1 aliphatic rings. The summed E-state index contributed by atoms with van der Waals surface area (Å²) in [7, 11) is 0. The highest BCUT2D eigenvalue weighted by molar-refractivity contribution is 5.98. The van der Waals surface area contributed by atoms with Crippen molar-refractivity contribution < 1.29 is 9.90 Å². The van der Waals surface area contributed by atoms with E-state index in [1.807, 2.05) is 42.7 Å². The highest BCUT2D eigenvalue weighted by Gasteiger charge is 2.39. The van der Waals surface area contributed by atoms with E-state index in [9.17, 15) is 9.90 Å². The van der Waals surface area contributed by atoms with Gasteiger partial charge in [0, 0.05) is 30.8 Å². The number of hydrogen-bond acceptors (Lipinski definition) is 3. The average molecular weight is 606 g/mol. The van der Waals surface area contributed by atoms with Gasteiger partial charge < -0.3 is 15.0 Å². The van der Waals surface area contributed by atoms with Crippen LogP contribution in [0.4, 0.5) is 0 Å². The lowest BCUT2D eigenvalue weighted by atomic mass is 9.76. The first-order valence-corrected chi connectivity index (χ1v) is 16.2. The van der Waals surface area contributed by atoms with Gasteiger partial charge in [-0.2, -0.15) is 0 Å². The molecule has 7 rings (SSSR count). The van der Waals surface area contributed by atoms with E-state index in [0.717, 1.165) is 45.3 Å². The first-order chi connectivity index (χ1) is 22.6. The average Bonchev–Trinajstić information content (AvgIpc) is 3.84. The van der Waals surface area contributed by atoms with Crippen LogP contribution in [0.1, 0.15) is 64.0 Å². The number of rotatable bonds is 11. The van der Waals surface area contributed by atoms with E-state index in [4.69, 9.17) is 4.98 Å². The van der Waals surface area contributed by atoms with Gasteiger partial charge in [0.05, 0.1) is 12.0 Å². The van der Waals surface area contributed by atoms with Gasteiger partial charge in [-0.15, -0.1) is 0 Å². The Morgan fingerprint density at radius 3 is 1.96 bits per heavy atom. The summed E-state index contributed by atoms with van der Waals surface area (Å²) in [6.07, 6.45) is 6.50. The van der Waals surface area contributed by atoms with Crippen molar-refractivity contribution in [3.8, 4) is 0 Å². The summed E-state index contributed by atoms with van der Waals surface area (Å²) in [6.45, 7) is 2.85. The quantitative estimate of drug-likeness (QED) is 0.148. The van der Waals surface area contributed by atoms with Crippen molar-refractivity contribution >= 4 is 16.7 Å². The van der Waals surface area contributed by atoms with Crippen molar-refractivity contribution in [2.75, 3.05) is 13.2 Å². The molecule has 0 radical (unpaired) electrons. The zero-order valence-corrected chi connectivity index (χ0v) is 26.1. The summed E-state index contributed by atoms with van der Waals surface area (Å²) in [5, 5.41) is 15.6. The van der Waals surface area contributed by atoms with Crippen LogP contribution in [0.25, 0.3) is 10.8 Å². The number of amides is 1. The summed E-state index contributed by atoms with van der Waals surface area (Å²) in [5.41, 5.74) is 5.38. The summed E-state index contributed by atoms with van der Waals surface area (Å²) in [4.78, 5) is 17.8. The monoisotopic (exact) mass is 605 g/mol. The third-order valence-electron chi connectivity index (χ3n) is 9.47. The summed E-state index contributed by atoms with van der Waals surface area (Å²) < 4.78 is 2.23. The number of aliphatic hydroxyl groups is 1. The first kappa shape index (κ1) is 29.7. The molecule has 46 heavy (non-hydrogen) atoms. The second kappa shape index (κ2) is 12.8. The van der Waals surface area contributed by atoms with Crippen molar-refractivity contribution in [2.24, 2.45) is 11.8 Å².